The number of esters is 1. The Kier molecular flexibility index (Phi) is 6.60. The average molecular weight is 316 g/mol. The van der Waals surface area contributed by atoms with Crippen LogP contribution in [0.4, 0.5) is 5.69 Å². The van der Waals surface area contributed by atoms with Gasteiger partial charge < -0.3 is 15.6 Å². The van der Waals surface area contributed by atoms with Crippen LogP contribution in [0.15, 0.2) is 23.1 Å². The monoisotopic (exact) mass is 316 g/mol. The van der Waals surface area contributed by atoms with E-state index in [-0.39, 0.29) is 29.3 Å². The molecule has 0 radical (unpaired) electrons. The van der Waals surface area contributed by atoms with Gasteiger partial charge in [0.05, 0.1) is 17.6 Å². The van der Waals surface area contributed by atoms with Crippen LogP contribution in [-0.2, 0) is 14.8 Å². The quantitative estimate of drug-likeness (QED) is 0.365. The fourth-order valence-electron chi connectivity index (χ4n) is 1.74. The first-order valence-electron chi connectivity index (χ1n) is 6.50. The molecular weight excluding hydrogens is 296 g/mol. The molecule has 0 spiro atoms. The average Bonchev–Trinajstić information content (AvgIpc) is 2.46. The second-order valence-corrected chi connectivity index (χ2v) is 6.16. The summed E-state index contributed by atoms with van der Waals surface area (Å²) in [4.78, 5) is 11.4. The van der Waals surface area contributed by atoms with Crippen molar-refractivity contribution in [2.45, 2.75) is 24.2 Å². The number of nitrogens with one attached hydrogen (secondary N) is 1. The summed E-state index contributed by atoms with van der Waals surface area (Å²) in [5.41, 5.74) is 5.77. The first-order valence-corrected chi connectivity index (χ1v) is 7.99. The van der Waals surface area contributed by atoms with Crippen molar-refractivity contribution < 1.29 is 23.1 Å². The van der Waals surface area contributed by atoms with Crippen LogP contribution in [0.25, 0.3) is 0 Å². The highest BCUT2D eigenvalue weighted by Crippen LogP contribution is 2.20. The Labute approximate surface area is 124 Å². The summed E-state index contributed by atoms with van der Waals surface area (Å²) in [5, 5.41) is 8.65. The highest BCUT2D eigenvalue weighted by atomic mass is 32.2. The molecule has 1 aromatic carbocycles. The molecule has 0 atom stereocenters. The molecule has 0 aromatic heterocycles. The number of rotatable bonds is 8. The zero-order chi connectivity index (χ0) is 15.9. The van der Waals surface area contributed by atoms with E-state index in [0.29, 0.717) is 19.3 Å². The van der Waals surface area contributed by atoms with Crippen molar-refractivity contribution in [3.05, 3.63) is 23.8 Å². The van der Waals surface area contributed by atoms with E-state index in [2.05, 4.69) is 9.46 Å². The van der Waals surface area contributed by atoms with Gasteiger partial charge in [0.1, 0.15) is 0 Å². The van der Waals surface area contributed by atoms with Crippen LogP contribution < -0.4 is 10.5 Å². The molecule has 0 saturated carbocycles. The first kappa shape index (κ1) is 17.4. The van der Waals surface area contributed by atoms with Crippen LogP contribution in [0.3, 0.4) is 0 Å². The number of nitrogen functional groups attached to an aromatic ring is 1. The predicted octanol–water partition coefficient (Wildman–Crippen LogP) is 0.496. The summed E-state index contributed by atoms with van der Waals surface area (Å²) in [7, 11) is -2.67. The van der Waals surface area contributed by atoms with Crippen molar-refractivity contribution in [2.75, 3.05) is 26.0 Å². The third-order valence-corrected chi connectivity index (χ3v) is 4.33. The maximum absolute atomic E-state index is 12.2. The van der Waals surface area contributed by atoms with E-state index >= 15 is 0 Å². The highest BCUT2D eigenvalue weighted by Gasteiger charge is 2.22. The number of hydrogen-bond acceptors (Lipinski definition) is 6. The zero-order valence-corrected chi connectivity index (χ0v) is 12.6. The Morgan fingerprint density at radius 3 is 2.67 bits per heavy atom. The number of aliphatic hydroxyl groups is 1. The zero-order valence-electron chi connectivity index (χ0n) is 11.8. The highest BCUT2D eigenvalue weighted by molar-refractivity contribution is 7.89. The Morgan fingerprint density at radius 2 is 2.05 bits per heavy atom. The van der Waals surface area contributed by atoms with Gasteiger partial charge in [0.15, 0.2) is 0 Å². The van der Waals surface area contributed by atoms with Gasteiger partial charge in [-0.2, -0.15) is 0 Å². The van der Waals surface area contributed by atoms with Crippen molar-refractivity contribution in [3.63, 3.8) is 0 Å². The molecule has 7 nitrogen and oxygen atoms in total. The van der Waals surface area contributed by atoms with Crippen molar-refractivity contribution in [1.29, 1.82) is 0 Å². The van der Waals surface area contributed by atoms with Crippen LogP contribution in [0.1, 0.15) is 29.6 Å². The number of hydrogen-bond donors (Lipinski definition) is 3. The molecule has 0 aliphatic heterocycles. The lowest BCUT2D eigenvalue weighted by atomic mass is 10.2. The van der Waals surface area contributed by atoms with E-state index in [4.69, 9.17) is 10.8 Å². The van der Waals surface area contributed by atoms with E-state index in [1.54, 1.807) is 0 Å². The summed E-state index contributed by atoms with van der Waals surface area (Å²) >= 11 is 0. The minimum atomic E-state index is -3.85. The van der Waals surface area contributed by atoms with Crippen molar-refractivity contribution in [3.8, 4) is 0 Å². The Balaban J connectivity index is 2.91. The normalized spacial score (nSPS) is 11.3. The van der Waals surface area contributed by atoms with Gasteiger partial charge in [0, 0.05) is 18.8 Å². The van der Waals surface area contributed by atoms with Crippen LogP contribution in [0.5, 0.6) is 0 Å². The van der Waals surface area contributed by atoms with E-state index in [1.165, 1.54) is 25.3 Å². The number of methoxy groups -OCH3 is 1. The van der Waals surface area contributed by atoms with Gasteiger partial charge in [-0.05, 0) is 37.5 Å². The minimum Gasteiger partial charge on any atom is -0.465 e. The number of ether oxygens (including phenoxy) is 1. The summed E-state index contributed by atoms with van der Waals surface area (Å²) in [6.45, 7) is 0.298. The van der Waals surface area contributed by atoms with E-state index in [1.807, 2.05) is 0 Å². The van der Waals surface area contributed by atoms with Gasteiger partial charge in [-0.1, -0.05) is 0 Å². The van der Waals surface area contributed by atoms with Crippen molar-refractivity contribution in [2.24, 2.45) is 0 Å². The number of aliphatic hydroxyl groups excluding tert-OH is 1. The number of sulfonamides is 1. The minimum absolute atomic E-state index is 0.0606. The molecule has 0 heterocycles. The van der Waals surface area contributed by atoms with Crippen LogP contribution in [0.2, 0.25) is 0 Å². The Hall–Kier alpha value is -1.64. The van der Waals surface area contributed by atoms with Gasteiger partial charge >= 0.3 is 5.97 Å². The largest absolute Gasteiger partial charge is 0.465 e. The fraction of sp³-hybridized carbons (Fsp3) is 0.462. The molecule has 0 amide bonds. The van der Waals surface area contributed by atoms with Gasteiger partial charge in [-0.15, -0.1) is 0 Å². The molecule has 0 unspecified atom stereocenters. The lowest BCUT2D eigenvalue weighted by Crippen LogP contribution is -2.27. The molecule has 0 aliphatic rings. The van der Waals surface area contributed by atoms with Gasteiger partial charge in [0.2, 0.25) is 10.0 Å². The molecule has 118 valence electrons. The van der Waals surface area contributed by atoms with E-state index in [0.717, 1.165) is 0 Å². The fourth-order valence-corrected chi connectivity index (χ4v) is 3.04. The predicted molar refractivity (Wildman–Crippen MR) is 78.3 cm³/mol. The number of anilines is 1. The molecule has 4 N–H and O–H groups in total. The first-order chi connectivity index (χ1) is 9.92. The molecule has 8 heteroatoms. The Bertz CT molecular complexity index is 586. The Morgan fingerprint density at radius 1 is 1.33 bits per heavy atom. The van der Waals surface area contributed by atoms with E-state index < -0.39 is 16.0 Å². The molecule has 21 heavy (non-hydrogen) atoms. The van der Waals surface area contributed by atoms with Crippen molar-refractivity contribution in [1.82, 2.24) is 4.72 Å². The number of unbranched alkanes of at least 4 members (excludes halogenated alkanes) is 2. The van der Waals surface area contributed by atoms with Gasteiger partial charge in [-0.3, -0.25) is 0 Å². The second-order valence-electron chi connectivity index (χ2n) is 4.43. The maximum atomic E-state index is 12.2. The second kappa shape index (κ2) is 7.96. The topological polar surface area (TPSA) is 119 Å². The molecule has 1 rings (SSSR count). The summed E-state index contributed by atoms with van der Waals surface area (Å²) in [5.74, 6) is -0.740. The molecule has 1 aromatic rings. The lowest BCUT2D eigenvalue weighted by molar-refractivity contribution is 0.0596. The molecule has 0 fully saturated rings. The van der Waals surface area contributed by atoms with Gasteiger partial charge in [-0.25, -0.2) is 17.9 Å². The molecular formula is C13H20N2O5S. The summed E-state index contributed by atoms with van der Waals surface area (Å²) < 4.78 is 31.4. The smallest absolute Gasteiger partial charge is 0.339 e. The lowest BCUT2D eigenvalue weighted by Gasteiger charge is -2.11. The van der Waals surface area contributed by atoms with Crippen LogP contribution in [-0.4, -0.2) is 39.8 Å². The molecule has 0 bridgehead atoms. The van der Waals surface area contributed by atoms with Crippen LogP contribution in [0, 0.1) is 0 Å². The number of nitrogens with two attached hydrogens (primary N) is 1. The SMILES string of the molecule is COC(=O)c1ccc(N)cc1S(=O)(=O)NCCCCCO. The summed E-state index contributed by atoms with van der Waals surface area (Å²) in [6.07, 6.45) is 1.92. The summed E-state index contributed by atoms with van der Waals surface area (Å²) in [6, 6.07) is 3.98. The van der Waals surface area contributed by atoms with Crippen molar-refractivity contribution >= 4 is 21.7 Å². The van der Waals surface area contributed by atoms with E-state index in [9.17, 15) is 13.2 Å². The molecule has 0 aliphatic carbocycles. The third kappa shape index (κ3) is 5.00. The molecule has 0 saturated heterocycles. The van der Waals surface area contributed by atoms with Gasteiger partial charge in [0.25, 0.3) is 0 Å². The maximum Gasteiger partial charge on any atom is 0.339 e. The standard InChI is InChI=1S/C13H20N2O5S/c1-20-13(17)11-6-5-10(14)9-12(11)21(18,19)15-7-3-2-4-8-16/h5-6,9,15-16H,2-4,7-8,14H2,1H3. The number of benzene rings is 1. The third-order valence-electron chi connectivity index (χ3n) is 2.83. The van der Waals surface area contributed by atoms with Crippen LogP contribution >= 0.6 is 0 Å². The number of carbonyl (C=O) groups excluding carboxylic acids is 1. The number of carbonyl (C=O) groups is 1.